The van der Waals surface area contributed by atoms with Gasteiger partial charge in [-0.3, -0.25) is 4.79 Å². The van der Waals surface area contributed by atoms with E-state index < -0.39 is 0 Å². The molecule has 0 heterocycles. The summed E-state index contributed by atoms with van der Waals surface area (Å²) in [4.78, 5) is 14.7. The molecule has 0 saturated heterocycles. The molecule has 1 aromatic rings. The van der Waals surface area contributed by atoms with Crippen molar-refractivity contribution in [3.63, 3.8) is 0 Å². The van der Waals surface area contributed by atoms with Crippen LogP contribution in [0.25, 0.3) is 0 Å². The summed E-state index contributed by atoms with van der Waals surface area (Å²) in [6.07, 6.45) is 4.87. The lowest BCUT2D eigenvalue weighted by Crippen LogP contribution is -2.39. The largest absolute Gasteiger partial charge is 0.336 e. The van der Waals surface area contributed by atoms with Gasteiger partial charge in [-0.15, -0.1) is 0 Å². The third kappa shape index (κ3) is 2.58. The Labute approximate surface area is 110 Å². The maximum Gasteiger partial charge on any atom is 0.254 e. The molecule has 0 aliphatic heterocycles. The molecule has 2 nitrogen and oxygen atoms in total. The predicted octanol–water partition coefficient (Wildman–Crippen LogP) is 3.71. The van der Waals surface area contributed by atoms with Gasteiger partial charge in [-0.2, -0.15) is 0 Å². The molecule has 1 saturated carbocycles. The Balaban J connectivity index is 2.25. The van der Waals surface area contributed by atoms with Crippen LogP contribution in [0.1, 0.15) is 54.1 Å². The Bertz CT molecular complexity index is 433. The van der Waals surface area contributed by atoms with Crippen molar-refractivity contribution in [3.8, 4) is 0 Å². The highest BCUT2D eigenvalue weighted by molar-refractivity contribution is 5.96. The van der Waals surface area contributed by atoms with Crippen LogP contribution < -0.4 is 0 Å². The van der Waals surface area contributed by atoms with E-state index in [1.54, 1.807) is 0 Å². The minimum atomic E-state index is 0.214. The summed E-state index contributed by atoms with van der Waals surface area (Å²) in [5.41, 5.74) is 3.12. The van der Waals surface area contributed by atoms with E-state index >= 15 is 0 Å². The Morgan fingerprint density at radius 3 is 2.56 bits per heavy atom. The van der Waals surface area contributed by atoms with Gasteiger partial charge in [0.2, 0.25) is 0 Å². The van der Waals surface area contributed by atoms with Crippen LogP contribution in [0.3, 0.4) is 0 Å². The number of hydrogen-bond donors (Lipinski definition) is 0. The van der Waals surface area contributed by atoms with Crippen molar-refractivity contribution in [2.75, 3.05) is 6.54 Å². The smallest absolute Gasteiger partial charge is 0.254 e. The average Bonchev–Trinajstić information content (AvgIpc) is 2.87. The molecule has 0 unspecified atom stereocenters. The Hall–Kier alpha value is -1.31. The molecule has 1 fully saturated rings. The first-order chi connectivity index (χ1) is 8.63. The Morgan fingerprint density at radius 2 is 1.94 bits per heavy atom. The maximum absolute atomic E-state index is 12.7. The summed E-state index contributed by atoms with van der Waals surface area (Å²) in [6, 6.07) is 6.60. The molecule has 1 aliphatic rings. The number of hydrogen-bond acceptors (Lipinski definition) is 1. The predicted molar refractivity (Wildman–Crippen MR) is 74.9 cm³/mol. The van der Waals surface area contributed by atoms with Crippen molar-refractivity contribution in [1.82, 2.24) is 4.90 Å². The molecule has 1 aliphatic carbocycles. The van der Waals surface area contributed by atoms with Gasteiger partial charge in [-0.1, -0.05) is 30.5 Å². The van der Waals surface area contributed by atoms with Gasteiger partial charge in [0.1, 0.15) is 0 Å². The standard InChI is InChI=1S/C16H23NO/c1-4-17(14-7-5-6-8-14)16(18)15-11-12(2)9-10-13(15)3/h9-11,14H,4-8H2,1-3H3. The second kappa shape index (κ2) is 5.55. The molecule has 1 aromatic carbocycles. The highest BCUT2D eigenvalue weighted by Crippen LogP contribution is 2.25. The topological polar surface area (TPSA) is 20.3 Å². The minimum Gasteiger partial charge on any atom is -0.336 e. The van der Waals surface area contributed by atoms with Crippen LogP contribution in [0.5, 0.6) is 0 Å². The van der Waals surface area contributed by atoms with Gasteiger partial charge in [0.05, 0.1) is 0 Å². The Kier molecular flexibility index (Phi) is 4.05. The summed E-state index contributed by atoms with van der Waals surface area (Å²) < 4.78 is 0. The van der Waals surface area contributed by atoms with Crippen molar-refractivity contribution >= 4 is 5.91 Å². The van der Waals surface area contributed by atoms with Crippen LogP contribution in [0, 0.1) is 13.8 Å². The zero-order chi connectivity index (χ0) is 13.1. The molecule has 98 valence electrons. The highest BCUT2D eigenvalue weighted by atomic mass is 16.2. The molecule has 18 heavy (non-hydrogen) atoms. The summed E-state index contributed by atoms with van der Waals surface area (Å²) >= 11 is 0. The first-order valence-corrected chi connectivity index (χ1v) is 7.01. The SMILES string of the molecule is CCN(C(=O)c1cc(C)ccc1C)C1CCCC1. The summed E-state index contributed by atoms with van der Waals surface area (Å²) in [6.45, 7) is 6.97. The molecule has 0 aromatic heterocycles. The summed E-state index contributed by atoms with van der Waals surface area (Å²) in [5.74, 6) is 0.214. The van der Waals surface area contributed by atoms with Crippen molar-refractivity contribution < 1.29 is 4.79 Å². The second-order valence-electron chi connectivity index (χ2n) is 5.35. The minimum absolute atomic E-state index is 0.214. The van der Waals surface area contributed by atoms with Crippen molar-refractivity contribution in [2.45, 2.75) is 52.5 Å². The first kappa shape index (κ1) is 13.1. The van der Waals surface area contributed by atoms with Crippen molar-refractivity contribution in [1.29, 1.82) is 0 Å². The van der Waals surface area contributed by atoms with Gasteiger partial charge >= 0.3 is 0 Å². The average molecular weight is 245 g/mol. The summed E-state index contributed by atoms with van der Waals surface area (Å²) in [5, 5.41) is 0. The molecule has 2 rings (SSSR count). The third-order valence-electron chi connectivity index (χ3n) is 3.99. The van der Waals surface area contributed by atoms with Crippen molar-refractivity contribution in [3.05, 3.63) is 34.9 Å². The van der Waals surface area contributed by atoms with Gasteiger partial charge in [-0.25, -0.2) is 0 Å². The van der Waals surface area contributed by atoms with E-state index in [0.717, 1.165) is 23.2 Å². The lowest BCUT2D eigenvalue weighted by molar-refractivity contribution is 0.0692. The first-order valence-electron chi connectivity index (χ1n) is 7.01. The fraction of sp³-hybridized carbons (Fsp3) is 0.562. The van der Waals surface area contributed by atoms with E-state index in [9.17, 15) is 4.79 Å². The van der Waals surface area contributed by atoms with Crippen LogP contribution in [-0.4, -0.2) is 23.4 Å². The lowest BCUT2D eigenvalue weighted by Gasteiger charge is -2.28. The van der Waals surface area contributed by atoms with E-state index in [1.165, 1.54) is 25.7 Å². The van der Waals surface area contributed by atoms with Gasteiger partial charge in [0.15, 0.2) is 0 Å². The van der Waals surface area contributed by atoms with Crippen LogP contribution in [-0.2, 0) is 0 Å². The zero-order valence-electron chi connectivity index (χ0n) is 11.7. The third-order valence-corrected chi connectivity index (χ3v) is 3.99. The number of amides is 1. The van der Waals surface area contributed by atoms with Crippen LogP contribution in [0.4, 0.5) is 0 Å². The van der Waals surface area contributed by atoms with Crippen molar-refractivity contribution in [2.24, 2.45) is 0 Å². The molecule has 0 atom stereocenters. The number of carbonyl (C=O) groups excluding carboxylic acids is 1. The number of benzene rings is 1. The van der Waals surface area contributed by atoms with Crippen LogP contribution >= 0.6 is 0 Å². The molecule has 0 bridgehead atoms. The van der Waals surface area contributed by atoms with E-state index in [4.69, 9.17) is 0 Å². The quantitative estimate of drug-likeness (QED) is 0.795. The van der Waals surface area contributed by atoms with E-state index in [1.807, 2.05) is 26.0 Å². The lowest BCUT2D eigenvalue weighted by atomic mass is 10.0. The monoisotopic (exact) mass is 245 g/mol. The van der Waals surface area contributed by atoms with Crippen LogP contribution in [0.15, 0.2) is 18.2 Å². The molecular formula is C16H23NO. The van der Waals surface area contributed by atoms with E-state index in [0.29, 0.717) is 6.04 Å². The van der Waals surface area contributed by atoms with Gasteiger partial charge in [0.25, 0.3) is 5.91 Å². The molecule has 0 N–H and O–H groups in total. The van der Waals surface area contributed by atoms with E-state index in [2.05, 4.69) is 17.9 Å². The number of aryl methyl sites for hydroxylation is 2. The molecule has 1 amide bonds. The highest BCUT2D eigenvalue weighted by Gasteiger charge is 2.26. The fourth-order valence-electron chi connectivity index (χ4n) is 2.90. The van der Waals surface area contributed by atoms with Crippen LogP contribution in [0.2, 0.25) is 0 Å². The second-order valence-corrected chi connectivity index (χ2v) is 5.35. The molecular weight excluding hydrogens is 222 g/mol. The molecule has 2 heteroatoms. The Morgan fingerprint density at radius 1 is 1.28 bits per heavy atom. The van der Waals surface area contributed by atoms with Gasteiger partial charge < -0.3 is 4.90 Å². The van der Waals surface area contributed by atoms with E-state index in [-0.39, 0.29) is 5.91 Å². The number of nitrogens with zero attached hydrogens (tertiary/aromatic N) is 1. The summed E-state index contributed by atoms with van der Waals surface area (Å²) in [7, 11) is 0. The molecule has 0 spiro atoms. The normalized spacial score (nSPS) is 15.9. The number of carbonyl (C=O) groups is 1. The number of rotatable bonds is 3. The van der Waals surface area contributed by atoms with Gasteiger partial charge in [0, 0.05) is 18.2 Å². The maximum atomic E-state index is 12.7. The zero-order valence-corrected chi connectivity index (χ0v) is 11.7. The molecule has 0 radical (unpaired) electrons. The fourth-order valence-corrected chi connectivity index (χ4v) is 2.90. The van der Waals surface area contributed by atoms with Gasteiger partial charge in [-0.05, 0) is 45.2 Å².